The van der Waals surface area contributed by atoms with Crippen molar-refractivity contribution >= 4 is 11.7 Å². The fourth-order valence-corrected chi connectivity index (χ4v) is 2.93. The predicted molar refractivity (Wildman–Crippen MR) is 91.7 cm³/mol. The lowest BCUT2D eigenvalue weighted by Crippen LogP contribution is -2.61. The van der Waals surface area contributed by atoms with Crippen LogP contribution in [0.2, 0.25) is 0 Å². The molecule has 0 saturated heterocycles. The van der Waals surface area contributed by atoms with E-state index >= 15 is 0 Å². The Bertz CT molecular complexity index is 448. The van der Waals surface area contributed by atoms with Crippen LogP contribution >= 0.6 is 0 Å². The van der Waals surface area contributed by atoms with Crippen molar-refractivity contribution in [2.45, 2.75) is 66.2 Å². The van der Waals surface area contributed by atoms with Crippen molar-refractivity contribution in [3.8, 4) is 0 Å². The molecule has 0 aromatic heterocycles. The Kier molecular flexibility index (Phi) is 8.09. The molecule has 0 saturated carbocycles. The van der Waals surface area contributed by atoms with E-state index < -0.39 is 0 Å². The molecule has 1 aliphatic rings. The molecular weight excluding hydrogens is 292 g/mol. The largest absolute Gasteiger partial charge is 0.392 e. The Hall–Kier alpha value is -1.56. The van der Waals surface area contributed by atoms with Gasteiger partial charge in [-0.25, -0.2) is 0 Å². The third kappa shape index (κ3) is 4.47. The number of amides is 1. The van der Waals surface area contributed by atoms with Crippen LogP contribution in [0.5, 0.6) is 0 Å². The lowest BCUT2D eigenvalue weighted by molar-refractivity contribution is -0.190. The van der Waals surface area contributed by atoms with Gasteiger partial charge in [-0.1, -0.05) is 33.1 Å². The van der Waals surface area contributed by atoms with Gasteiger partial charge in [-0.3, -0.25) is 19.6 Å². The van der Waals surface area contributed by atoms with Gasteiger partial charge < -0.3 is 5.73 Å². The lowest BCUT2D eigenvalue weighted by Gasteiger charge is -2.46. The molecule has 1 aliphatic heterocycles. The number of allylic oxidation sites excluding steroid dienone is 1. The van der Waals surface area contributed by atoms with Gasteiger partial charge in [0.05, 0.1) is 0 Å². The highest BCUT2D eigenvalue weighted by atomic mass is 16.2. The molecule has 0 spiro atoms. The summed E-state index contributed by atoms with van der Waals surface area (Å²) in [5, 5.41) is 5.42. The van der Waals surface area contributed by atoms with Gasteiger partial charge in [0.2, 0.25) is 0 Å². The maximum Gasteiger partial charge on any atom is 0.287 e. The van der Waals surface area contributed by atoms with Crippen molar-refractivity contribution in [1.82, 2.24) is 15.1 Å². The van der Waals surface area contributed by atoms with Gasteiger partial charge in [0, 0.05) is 26.1 Å². The van der Waals surface area contributed by atoms with Crippen molar-refractivity contribution in [3.63, 3.8) is 0 Å². The summed E-state index contributed by atoms with van der Waals surface area (Å²) in [7, 11) is 0. The highest BCUT2D eigenvalue weighted by Gasteiger charge is 2.37. The monoisotopic (exact) mass is 324 g/mol. The molecule has 23 heavy (non-hydrogen) atoms. The second-order valence-corrected chi connectivity index (χ2v) is 5.83. The average Bonchev–Trinajstić information content (AvgIpc) is 2.54. The lowest BCUT2D eigenvalue weighted by atomic mass is 10.1. The molecule has 6 heteroatoms. The van der Waals surface area contributed by atoms with Crippen LogP contribution in [0.25, 0.3) is 0 Å². The minimum absolute atomic E-state index is 0.0388. The zero-order valence-electron chi connectivity index (χ0n) is 15.1. The molecule has 0 radical (unpaired) electrons. The molecule has 0 aromatic rings. The van der Waals surface area contributed by atoms with Gasteiger partial charge >= 0.3 is 0 Å². The minimum atomic E-state index is -0.265. The second-order valence-electron chi connectivity index (χ2n) is 5.83. The number of hydrogen-bond donors (Lipinski definition) is 1. The van der Waals surface area contributed by atoms with Crippen molar-refractivity contribution in [2.75, 3.05) is 19.6 Å². The molecule has 2 N–H and O–H groups in total. The molecule has 0 aliphatic carbocycles. The minimum Gasteiger partial charge on any atom is -0.392 e. The number of unbranched alkanes of at least 4 members (excludes halogenated alkanes) is 3. The summed E-state index contributed by atoms with van der Waals surface area (Å²) in [4.78, 5) is 25.0. The second kappa shape index (κ2) is 9.55. The van der Waals surface area contributed by atoms with Crippen LogP contribution in [-0.4, -0.2) is 46.5 Å². The van der Waals surface area contributed by atoms with Crippen molar-refractivity contribution in [2.24, 2.45) is 5.73 Å². The van der Waals surface area contributed by atoms with Crippen molar-refractivity contribution in [3.05, 3.63) is 11.4 Å². The number of likely N-dealkylation sites (N-methyl/N-ethyl adjacent to an activating group) is 1. The van der Waals surface area contributed by atoms with Crippen LogP contribution in [0.4, 0.5) is 0 Å². The Labute approximate surface area is 140 Å². The Morgan fingerprint density at radius 2 is 1.65 bits per heavy atom. The standard InChI is InChI=1S/C17H32N4O2/c1-5-9-10-11-13-20-16(14(22)12-6-2)15(18)17(23)19(7-3)21(20)8-4/h5-13,18H2,1-4H3. The highest BCUT2D eigenvalue weighted by molar-refractivity contribution is 6.05. The van der Waals surface area contributed by atoms with Gasteiger partial charge in [-0.15, -0.1) is 5.12 Å². The molecule has 1 rings (SSSR count). The fourth-order valence-electron chi connectivity index (χ4n) is 2.93. The molecule has 0 fully saturated rings. The fraction of sp³-hybridized carbons (Fsp3) is 0.765. The molecule has 1 amide bonds. The van der Waals surface area contributed by atoms with Gasteiger partial charge in [-0.05, 0) is 26.7 Å². The number of rotatable bonds is 10. The number of hydrazine groups is 2. The Morgan fingerprint density at radius 3 is 2.17 bits per heavy atom. The van der Waals surface area contributed by atoms with E-state index in [0.717, 1.165) is 25.7 Å². The first-order valence-electron chi connectivity index (χ1n) is 8.92. The van der Waals surface area contributed by atoms with E-state index in [1.165, 1.54) is 6.42 Å². The molecule has 0 unspecified atom stereocenters. The van der Waals surface area contributed by atoms with E-state index in [2.05, 4.69) is 6.92 Å². The third-order valence-electron chi connectivity index (χ3n) is 4.08. The summed E-state index contributed by atoms with van der Waals surface area (Å²) >= 11 is 0. The van der Waals surface area contributed by atoms with Gasteiger partial charge in [-0.2, -0.15) is 0 Å². The van der Waals surface area contributed by atoms with Crippen LogP contribution in [0, 0.1) is 0 Å². The molecule has 1 heterocycles. The van der Waals surface area contributed by atoms with Crippen LogP contribution in [0.1, 0.15) is 66.2 Å². The van der Waals surface area contributed by atoms with Crippen LogP contribution in [0.3, 0.4) is 0 Å². The van der Waals surface area contributed by atoms with Crippen LogP contribution in [0.15, 0.2) is 11.4 Å². The van der Waals surface area contributed by atoms with Crippen molar-refractivity contribution < 1.29 is 9.59 Å². The van der Waals surface area contributed by atoms with E-state index in [9.17, 15) is 9.59 Å². The molecule has 6 nitrogen and oxygen atoms in total. The number of nitrogens with zero attached hydrogens (tertiary/aromatic N) is 3. The number of carbonyl (C=O) groups is 2. The Morgan fingerprint density at radius 1 is 0.957 bits per heavy atom. The maximum absolute atomic E-state index is 12.5. The molecule has 0 bridgehead atoms. The average molecular weight is 324 g/mol. The quantitative estimate of drug-likeness (QED) is 0.625. The number of Topliss-reactive ketones (excluding diaryl/α,β-unsaturated/α-hetero) is 1. The van der Waals surface area contributed by atoms with Crippen molar-refractivity contribution in [1.29, 1.82) is 0 Å². The zero-order valence-corrected chi connectivity index (χ0v) is 15.1. The Balaban J connectivity index is 3.11. The van der Waals surface area contributed by atoms with Crippen LogP contribution < -0.4 is 5.73 Å². The van der Waals surface area contributed by atoms with E-state index in [0.29, 0.717) is 31.8 Å². The maximum atomic E-state index is 12.5. The van der Waals surface area contributed by atoms with E-state index in [1.807, 2.05) is 30.9 Å². The summed E-state index contributed by atoms with van der Waals surface area (Å²) in [6, 6.07) is 0. The highest BCUT2D eigenvalue weighted by Crippen LogP contribution is 2.24. The molecular formula is C17H32N4O2. The SMILES string of the molecule is CCCCCCN1C(C(=O)CCC)=C(N)C(=O)N(CC)N1CC. The number of carbonyl (C=O) groups excluding carboxylic acids is 2. The molecule has 0 atom stereocenters. The molecule has 0 aromatic carbocycles. The number of hydrogen-bond acceptors (Lipinski definition) is 5. The third-order valence-corrected chi connectivity index (χ3v) is 4.08. The summed E-state index contributed by atoms with van der Waals surface area (Å²) in [6.07, 6.45) is 5.59. The summed E-state index contributed by atoms with van der Waals surface area (Å²) in [6.45, 7) is 9.91. The van der Waals surface area contributed by atoms with Gasteiger partial charge in [0.1, 0.15) is 11.4 Å². The van der Waals surface area contributed by atoms with Gasteiger partial charge in [0.15, 0.2) is 5.78 Å². The first-order chi connectivity index (χ1) is 11.0. The van der Waals surface area contributed by atoms with E-state index in [1.54, 1.807) is 5.01 Å². The normalized spacial score (nSPS) is 16.4. The first kappa shape index (κ1) is 19.5. The molecule has 132 valence electrons. The van der Waals surface area contributed by atoms with E-state index in [4.69, 9.17) is 5.73 Å². The summed E-state index contributed by atoms with van der Waals surface area (Å²) in [5.41, 5.74) is 6.53. The van der Waals surface area contributed by atoms with Crippen LogP contribution in [-0.2, 0) is 9.59 Å². The van der Waals surface area contributed by atoms with E-state index in [-0.39, 0.29) is 17.4 Å². The summed E-state index contributed by atoms with van der Waals surface area (Å²) in [5.74, 6) is -0.304. The number of nitrogens with two attached hydrogens (primary N) is 1. The number of ketones is 1. The summed E-state index contributed by atoms with van der Waals surface area (Å²) < 4.78 is 0. The first-order valence-corrected chi connectivity index (χ1v) is 8.92. The zero-order chi connectivity index (χ0) is 17.4. The van der Waals surface area contributed by atoms with Gasteiger partial charge in [0.25, 0.3) is 5.91 Å². The smallest absolute Gasteiger partial charge is 0.287 e. The predicted octanol–water partition coefficient (Wildman–Crippen LogP) is 2.42. The topological polar surface area (TPSA) is 69.9 Å².